The van der Waals surface area contributed by atoms with Crippen LogP contribution in [0.15, 0.2) is 96.5 Å². The minimum absolute atomic E-state index is 0.137. The zero-order valence-corrected chi connectivity index (χ0v) is 21.8. The average molecular weight is 478 g/mol. The minimum Gasteiger partial charge on any atom is -0.443 e. The Morgan fingerprint density at radius 1 is 1.08 bits per heavy atom. The standard InChI is InChI=1S/C32H35N3O/c1-7-25-17-19-34-22(3)32-27-13-9-8-12-26(27)28-14-10-11-18-35(28)29(32)16-15-21(2)31(30(34)20-25)23(4)36-24(5)33-6/h8-14,17-20,29,32H,3-4,7,15-16H2,1-2,5-6H3/q+2/b31-21-,33-24+. The van der Waals surface area contributed by atoms with Gasteiger partial charge in [0, 0.05) is 44.7 Å². The fraction of sp³-hybridized carbons (Fsp3) is 0.281. The molecule has 0 N–H and O–H groups in total. The number of benzene rings is 1. The largest absolute Gasteiger partial charge is 0.443 e. The Morgan fingerprint density at radius 3 is 2.64 bits per heavy atom. The van der Waals surface area contributed by atoms with Gasteiger partial charge in [0.05, 0.1) is 11.1 Å². The summed E-state index contributed by atoms with van der Waals surface area (Å²) in [6.07, 6.45) is 7.26. The van der Waals surface area contributed by atoms with Gasteiger partial charge in [0.1, 0.15) is 11.7 Å². The zero-order chi connectivity index (χ0) is 25.4. The van der Waals surface area contributed by atoms with Crippen LogP contribution in [0.1, 0.15) is 62.4 Å². The van der Waals surface area contributed by atoms with E-state index in [1.54, 1.807) is 7.05 Å². The molecule has 2 aliphatic rings. The Labute approximate surface area is 214 Å². The number of aryl methyl sites for hydroxylation is 1. The number of aliphatic imine (C=N–C) groups is 1. The molecule has 0 bridgehead atoms. The molecule has 36 heavy (non-hydrogen) atoms. The van der Waals surface area contributed by atoms with Gasteiger partial charge in [0.2, 0.25) is 11.4 Å². The third-order valence-corrected chi connectivity index (χ3v) is 7.66. The van der Waals surface area contributed by atoms with E-state index in [4.69, 9.17) is 11.3 Å². The smallest absolute Gasteiger partial charge is 0.222 e. The van der Waals surface area contributed by atoms with Gasteiger partial charge in [0.15, 0.2) is 30.0 Å². The van der Waals surface area contributed by atoms with Crippen LogP contribution in [-0.2, 0) is 11.2 Å². The van der Waals surface area contributed by atoms with Gasteiger partial charge in [-0.1, -0.05) is 37.3 Å². The molecule has 4 heterocycles. The SMILES string of the molecule is C=C(O/C(C)=N/C)/C1=C(\C)CCC2C(C(=C)[n+]3ccc(CC)cc31)c1ccccc1-c1cccc[n+]12. The van der Waals surface area contributed by atoms with E-state index in [9.17, 15) is 0 Å². The second-order valence-corrected chi connectivity index (χ2v) is 9.72. The van der Waals surface area contributed by atoms with Crippen LogP contribution in [0.2, 0.25) is 0 Å². The Kier molecular flexibility index (Phi) is 6.44. The Hall–Kier alpha value is -3.79. The van der Waals surface area contributed by atoms with Crippen LogP contribution in [0.5, 0.6) is 0 Å². The van der Waals surface area contributed by atoms with Gasteiger partial charge in [0.25, 0.3) is 0 Å². The lowest BCUT2D eigenvalue weighted by molar-refractivity contribution is -0.720. The van der Waals surface area contributed by atoms with Crippen LogP contribution in [0.25, 0.3) is 22.5 Å². The summed E-state index contributed by atoms with van der Waals surface area (Å²) in [6, 6.07) is 20.0. The van der Waals surface area contributed by atoms with E-state index in [1.165, 1.54) is 28.0 Å². The fourth-order valence-electron chi connectivity index (χ4n) is 5.77. The molecular weight excluding hydrogens is 442 g/mol. The van der Waals surface area contributed by atoms with E-state index < -0.39 is 0 Å². The quantitative estimate of drug-likeness (QED) is 0.185. The molecule has 0 radical (unpaired) electrons. The summed E-state index contributed by atoms with van der Waals surface area (Å²) in [6.45, 7) is 15.4. The average Bonchev–Trinajstić information content (AvgIpc) is 2.95. The van der Waals surface area contributed by atoms with Gasteiger partial charge in [-0.05, 0) is 49.6 Å². The first kappa shape index (κ1) is 23.9. The zero-order valence-electron chi connectivity index (χ0n) is 21.8. The second-order valence-electron chi connectivity index (χ2n) is 9.72. The molecule has 0 amide bonds. The predicted octanol–water partition coefficient (Wildman–Crippen LogP) is 6.45. The normalized spacial score (nSPS) is 21.2. The number of aromatic nitrogens is 2. The van der Waals surface area contributed by atoms with Crippen molar-refractivity contribution in [2.75, 3.05) is 7.05 Å². The molecule has 182 valence electrons. The summed E-state index contributed by atoms with van der Waals surface area (Å²) in [4.78, 5) is 4.21. The van der Waals surface area contributed by atoms with Crippen molar-refractivity contribution in [1.29, 1.82) is 0 Å². The molecule has 4 nitrogen and oxygen atoms in total. The first-order valence-corrected chi connectivity index (χ1v) is 12.8. The molecule has 4 heteroatoms. The van der Waals surface area contributed by atoms with Crippen LogP contribution in [0.3, 0.4) is 0 Å². The first-order chi connectivity index (χ1) is 17.4. The maximum absolute atomic E-state index is 6.09. The first-order valence-electron chi connectivity index (χ1n) is 12.8. The summed E-state index contributed by atoms with van der Waals surface area (Å²) in [5, 5.41) is 0. The number of ether oxygens (including phenoxy) is 1. The predicted molar refractivity (Wildman–Crippen MR) is 146 cm³/mol. The molecule has 5 rings (SSSR count). The van der Waals surface area contributed by atoms with Gasteiger partial charge in [-0.15, -0.1) is 0 Å². The van der Waals surface area contributed by atoms with E-state index in [-0.39, 0.29) is 12.0 Å². The van der Waals surface area contributed by atoms with Gasteiger partial charge in [-0.2, -0.15) is 9.13 Å². The lowest BCUT2D eigenvalue weighted by atomic mass is 9.79. The van der Waals surface area contributed by atoms with Crippen LogP contribution in [0, 0.1) is 0 Å². The molecule has 0 saturated carbocycles. The van der Waals surface area contributed by atoms with Crippen molar-refractivity contribution >= 4 is 17.2 Å². The van der Waals surface area contributed by atoms with Crippen LogP contribution in [0.4, 0.5) is 0 Å². The highest BCUT2D eigenvalue weighted by Crippen LogP contribution is 2.45. The topological polar surface area (TPSA) is 29.3 Å². The summed E-state index contributed by atoms with van der Waals surface area (Å²) in [5.74, 6) is 1.37. The fourth-order valence-corrected chi connectivity index (χ4v) is 5.77. The van der Waals surface area contributed by atoms with Gasteiger partial charge < -0.3 is 4.74 Å². The highest BCUT2D eigenvalue weighted by atomic mass is 16.5. The van der Waals surface area contributed by atoms with Crippen molar-refractivity contribution in [2.45, 2.75) is 52.0 Å². The van der Waals surface area contributed by atoms with Crippen molar-refractivity contribution in [3.8, 4) is 11.3 Å². The summed E-state index contributed by atoms with van der Waals surface area (Å²) < 4.78 is 10.8. The maximum atomic E-state index is 6.09. The third kappa shape index (κ3) is 4.01. The third-order valence-electron chi connectivity index (χ3n) is 7.66. The summed E-state index contributed by atoms with van der Waals surface area (Å²) >= 11 is 0. The molecule has 2 aromatic heterocycles. The van der Waals surface area contributed by atoms with E-state index >= 15 is 0 Å². The Morgan fingerprint density at radius 2 is 1.86 bits per heavy atom. The van der Waals surface area contributed by atoms with Crippen molar-refractivity contribution < 1.29 is 13.9 Å². The Balaban J connectivity index is 1.76. The minimum atomic E-state index is 0.137. The number of rotatable bonds is 3. The van der Waals surface area contributed by atoms with Gasteiger partial charge >= 0.3 is 0 Å². The molecule has 0 saturated heterocycles. The lowest BCUT2D eigenvalue weighted by Gasteiger charge is -2.29. The van der Waals surface area contributed by atoms with Crippen LogP contribution < -0.4 is 9.13 Å². The van der Waals surface area contributed by atoms with Crippen molar-refractivity contribution in [3.63, 3.8) is 0 Å². The van der Waals surface area contributed by atoms with E-state index in [0.717, 1.165) is 36.2 Å². The van der Waals surface area contributed by atoms with E-state index in [0.29, 0.717) is 11.7 Å². The van der Waals surface area contributed by atoms with E-state index in [2.05, 4.69) is 102 Å². The van der Waals surface area contributed by atoms with Crippen molar-refractivity contribution in [1.82, 2.24) is 0 Å². The molecule has 3 aromatic rings. The number of hydrogen-bond acceptors (Lipinski definition) is 2. The van der Waals surface area contributed by atoms with Crippen LogP contribution in [-0.4, -0.2) is 12.9 Å². The maximum Gasteiger partial charge on any atom is 0.222 e. The van der Waals surface area contributed by atoms with Gasteiger partial charge in [-0.25, -0.2) is 0 Å². The number of pyridine rings is 2. The highest BCUT2D eigenvalue weighted by molar-refractivity contribution is 5.82. The van der Waals surface area contributed by atoms with Crippen LogP contribution >= 0.6 is 0 Å². The molecular formula is C32H35N3O+2. The summed E-state index contributed by atoms with van der Waals surface area (Å²) in [5.41, 5.74) is 9.59. The molecule has 0 fully saturated rings. The Bertz CT molecular complexity index is 1430. The molecule has 0 aliphatic carbocycles. The molecule has 2 aliphatic heterocycles. The number of allylic oxidation sites excluding steroid dienone is 3. The second kappa shape index (κ2) is 9.69. The molecule has 2 atom stereocenters. The molecule has 0 spiro atoms. The van der Waals surface area contributed by atoms with Crippen molar-refractivity contribution in [3.05, 3.63) is 108 Å². The number of fused-ring (bicyclic) bond motifs is 7. The van der Waals surface area contributed by atoms with Gasteiger partial charge in [-0.3, -0.25) is 4.99 Å². The number of hydrogen-bond donors (Lipinski definition) is 0. The summed E-state index contributed by atoms with van der Waals surface area (Å²) in [7, 11) is 1.74. The molecule has 2 unspecified atom stereocenters. The monoisotopic (exact) mass is 477 g/mol. The molecule has 1 aromatic carbocycles. The highest BCUT2D eigenvalue weighted by Gasteiger charge is 2.46. The van der Waals surface area contributed by atoms with Crippen molar-refractivity contribution in [2.24, 2.45) is 4.99 Å². The van der Waals surface area contributed by atoms with E-state index in [1.807, 2.05) is 6.92 Å². The number of nitrogens with zero attached hydrogens (tertiary/aromatic N) is 3. The lowest BCUT2D eigenvalue weighted by Crippen LogP contribution is -2.50.